The molecule has 0 saturated carbocycles. The van der Waals surface area contributed by atoms with E-state index >= 15 is 0 Å². The Kier molecular flexibility index (Phi) is 7.12. The third-order valence-corrected chi connectivity index (χ3v) is 7.02. The second-order valence-electron chi connectivity index (χ2n) is 8.67. The molecule has 5 rings (SSSR count). The number of halogens is 2. The number of aromatic nitrogens is 4. The lowest BCUT2D eigenvalue weighted by Crippen LogP contribution is -2.44. The molecule has 194 valence electrons. The number of ether oxygens (including phenoxy) is 1. The molecule has 37 heavy (non-hydrogen) atoms. The summed E-state index contributed by atoms with van der Waals surface area (Å²) < 4.78 is 39.3. The second kappa shape index (κ2) is 10.6. The van der Waals surface area contributed by atoms with E-state index < -0.39 is 30.7 Å². The molecule has 4 heterocycles. The van der Waals surface area contributed by atoms with Crippen LogP contribution in [0.1, 0.15) is 24.7 Å². The topological polar surface area (TPSA) is 112 Å². The fourth-order valence-electron chi connectivity index (χ4n) is 4.44. The summed E-state index contributed by atoms with van der Waals surface area (Å²) in [6.07, 6.45) is 0.504. The predicted octanol–water partition coefficient (Wildman–Crippen LogP) is 2.80. The molecule has 3 aromatic heterocycles. The van der Waals surface area contributed by atoms with Gasteiger partial charge in [0.15, 0.2) is 11.9 Å². The van der Waals surface area contributed by atoms with Crippen molar-refractivity contribution in [3.8, 4) is 17.2 Å². The van der Waals surface area contributed by atoms with Crippen LogP contribution in [0.4, 0.5) is 8.78 Å². The number of benzene rings is 1. The predicted molar refractivity (Wildman–Crippen MR) is 131 cm³/mol. The molecule has 1 saturated heterocycles. The van der Waals surface area contributed by atoms with Crippen LogP contribution < -0.4 is 16.0 Å². The highest BCUT2D eigenvalue weighted by molar-refractivity contribution is 7.08. The number of carbonyl (C=O) groups is 1. The molecule has 1 aliphatic heterocycles. The Hall–Kier alpha value is -3.87. The van der Waals surface area contributed by atoms with Crippen LogP contribution in [0.15, 0.2) is 49.1 Å². The SMILES string of the molecule is O=CN1CCC(n2c(=O)n(Cc3noc(-c4ccsc4)n3)c(=O)c3cc(OC(CF)CF)ccc32)CC1. The summed E-state index contributed by atoms with van der Waals surface area (Å²) in [5.41, 5.74) is -0.0766. The van der Waals surface area contributed by atoms with Gasteiger partial charge in [0.1, 0.15) is 19.1 Å². The smallest absolute Gasteiger partial charge is 0.332 e. The molecule has 13 heteroatoms. The monoisotopic (exact) mass is 531 g/mol. The van der Waals surface area contributed by atoms with Crippen LogP contribution in [0.5, 0.6) is 5.75 Å². The minimum absolute atomic E-state index is 0.108. The Morgan fingerprint density at radius 3 is 2.65 bits per heavy atom. The molecule has 1 aromatic carbocycles. The lowest BCUT2D eigenvalue weighted by atomic mass is 10.0. The number of thiophene rings is 1. The lowest BCUT2D eigenvalue weighted by molar-refractivity contribution is -0.119. The maximum Gasteiger partial charge on any atom is 0.332 e. The van der Waals surface area contributed by atoms with E-state index in [0.717, 1.165) is 16.5 Å². The molecule has 0 N–H and O–H groups in total. The minimum Gasteiger partial charge on any atom is -0.485 e. The van der Waals surface area contributed by atoms with Crippen LogP contribution in [0.25, 0.3) is 22.4 Å². The van der Waals surface area contributed by atoms with E-state index in [0.29, 0.717) is 31.4 Å². The summed E-state index contributed by atoms with van der Waals surface area (Å²) in [5, 5.41) is 7.77. The summed E-state index contributed by atoms with van der Waals surface area (Å²) in [6.45, 7) is -1.37. The van der Waals surface area contributed by atoms with Gasteiger partial charge < -0.3 is 14.2 Å². The van der Waals surface area contributed by atoms with E-state index in [1.807, 2.05) is 16.8 Å². The van der Waals surface area contributed by atoms with E-state index in [9.17, 15) is 23.2 Å². The van der Waals surface area contributed by atoms with Crippen molar-refractivity contribution in [1.82, 2.24) is 24.2 Å². The lowest BCUT2D eigenvalue weighted by Gasteiger charge is -2.31. The molecule has 1 aliphatic rings. The van der Waals surface area contributed by atoms with Gasteiger partial charge in [-0.3, -0.25) is 18.7 Å². The van der Waals surface area contributed by atoms with Crippen molar-refractivity contribution in [3.05, 3.63) is 61.7 Å². The maximum absolute atomic E-state index is 13.7. The van der Waals surface area contributed by atoms with Gasteiger partial charge in [0.05, 0.1) is 23.0 Å². The first kappa shape index (κ1) is 24.8. The molecular formula is C24H23F2N5O5S. The summed E-state index contributed by atoms with van der Waals surface area (Å²) in [6, 6.07) is 5.94. The van der Waals surface area contributed by atoms with Gasteiger partial charge in [-0.15, -0.1) is 0 Å². The summed E-state index contributed by atoms with van der Waals surface area (Å²) in [4.78, 5) is 44.3. The fourth-order valence-corrected chi connectivity index (χ4v) is 5.07. The van der Waals surface area contributed by atoms with Crippen LogP contribution in [0.3, 0.4) is 0 Å². The number of carbonyl (C=O) groups excluding carboxylic acids is 1. The van der Waals surface area contributed by atoms with Crippen LogP contribution in [-0.2, 0) is 11.3 Å². The molecular weight excluding hydrogens is 508 g/mol. The fraction of sp³-hybridized carbons (Fsp3) is 0.375. The number of likely N-dealkylation sites (tertiary alicyclic amines) is 1. The van der Waals surface area contributed by atoms with E-state index in [4.69, 9.17) is 9.26 Å². The summed E-state index contributed by atoms with van der Waals surface area (Å²) >= 11 is 1.46. The normalized spacial score (nSPS) is 14.5. The first-order valence-corrected chi connectivity index (χ1v) is 12.6. The summed E-state index contributed by atoms with van der Waals surface area (Å²) in [7, 11) is 0. The highest BCUT2D eigenvalue weighted by Crippen LogP contribution is 2.26. The molecule has 0 spiro atoms. The number of alkyl halides is 2. The quantitative estimate of drug-likeness (QED) is 0.305. The van der Waals surface area contributed by atoms with Gasteiger partial charge in [-0.2, -0.15) is 16.3 Å². The van der Waals surface area contributed by atoms with Crippen molar-refractivity contribution in [2.24, 2.45) is 0 Å². The maximum atomic E-state index is 13.7. The Bertz CT molecular complexity index is 1500. The number of nitrogens with zero attached hydrogens (tertiary/aromatic N) is 5. The van der Waals surface area contributed by atoms with Crippen LogP contribution in [0.2, 0.25) is 0 Å². The van der Waals surface area contributed by atoms with Crippen molar-refractivity contribution in [3.63, 3.8) is 0 Å². The second-order valence-corrected chi connectivity index (χ2v) is 9.45. The first-order chi connectivity index (χ1) is 18.0. The van der Waals surface area contributed by atoms with Crippen molar-refractivity contribution in [2.75, 3.05) is 26.4 Å². The first-order valence-electron chi connectivity index (χ1n) is 11.6. The van der Waals surface area contributed by atoms with Gasteiger partial charge in [0.25, 0.3) is 11.4 Å². The molecule has 4 aromatic rings. The van der Waals surface area contributed by atoms with Gasteiger partial charge in [0.2, 0.25) is 6.41 Å². The number of hydrogen-bond acceptors (Lipinski definition) is 8. The van der Waals surface area contributed by atoms with Crippen molar-refractivity contribution < 1.29 is 22.8 Å². The molecule has 10 nitrogen and oxygen atoms in total. The van der Waals surface area contributed by atoms with E-state index in [1.54, 1.807) is 11.0 Å². The zero-order valence-electron chi connectivity index (χ0n) is 19.6. The highest BCUT2D eigenvalue weighted by Gasteiger charge is 2.25. The number of hydrogen-bond donors (Lipinski definition) is 0. The van der Waals surface area contributed by atoms with Crippen molar-refractivity contribution in [1.29, 1.82) is 0 Å². The van der Waals surface area contributed by atoms with Crippen molar-refractivity contribution in [2.45, 2.75) is 31.5 Å². The number of rotatable bonds is 9. The average molecular weight is 532 g/mol. The molecule has 0 radical (unpaired) electrons. The molecule has 0 aliphatic carbocycles. The number of fused-ring (bicyclic) bond motifs is 1. The molecule has 1 fully saturated rings. The zero-order chi connectivity index (χ0) is 25.9. The third kappa shape index (κ3) is 4.90. The van der Waals surface area contributed by atoms with Gasteiger partial charge in [0, 0.05) is 24.5 Å². The van der Waals surface area contributed by atoms with Crippen molar-refractivity contribution >= 4 is 28.6 Å². The number of amides is 1. The van der Waals surface area contributed by atoms with Gasteiger partial charge >= 0.3 is 5.69 Å². The molecule has 0 atom stereocenters. The third-order valence-electron chi connectivity index (χ3n) is 6.34. The molecule has 0 bridgehead atoms. The van der Waals surface area contributed by atoms with Crippen LogP contribution >= 0.6 is 11.3 Å². The van der Waals surface area contributed by atoms with Gasteiger partial charge in [-0.1, -0.05) is 5.16 Å². The Balaban J connectivity index is 1.60. The van der Waals surface area contributed by atoms with Gasteiger partial charge in [-0.25, -0.2) is 13.6 Å². The zero-order valence-corrected chi connectivity index (χ0v) is 20.4. The summed E-state index contributed by atoms with van der Waals surface area (Å²) in [5.74, 6) is 0.520. The Morgan fingerprint density at radius 2 is 1.97 bits per heavy atom. The van der Waals surface area contributed by atoms with Crippen LogP contribution in [0, 0.1) is 0 Å². The molecule has 0 unspecified atom stereocenters. The number of piperidine rings is 1. The van der Waals surface area contributed by atoms with Gasteiger partial charge in [-0.05, 0) is 42.5 Å². The van der Waals surface area contributed by atoms with E-state index in [1.165, 1.54) is 28.0 Å². The Labute approximate surface area is 212 Å². The van der Waals surface area contributed by atoms with Crippen LogP contribution in [-0.4, -0.2) is 63.1 Å². The minimum atomic E-state index is -1.30. The average Bonchev–Trinajstić information content (AvgIpc) is 3.63. The van der Waals surface area contributed by atoms with E-state index in [2.05, 4.69) is 10.1 Å². The highest BCUT2D eigenvalue weighted by atomic mass is 32.1. The Morgan fingerprint density at radius 1 is 1.19 bits per heavy atom. The molecule has 1 amide bonds. The largest absolute Gasteiger partial charge is 0.485 e. The standard InChI is InChI=1S/C24H23F2N5O5S/c25-10-18(11-26)35-17-1-2-20-19(9-17)23(33)30(12-21-27-22(36-28-21)15-5-8-37-13-15)24(34)31(20)16-3-6-29(14-32)7-4-16/h1-2,5,8-9,13-14,16,18H,3-4,6-7,10-12H2. The van der Waals surface area contributed by atoms with E-state index in [-0.39, 0.29) is 35.4 Å².